The molecule has 0 bridgehead atoms. The third kappa shape index (κ3) is 3.64. The van der Waals surface area contributed by atoms with Crippen LogP contribution in [0.15, 0.2) is 22.7 Å². The molecule has 3 unspecified atom stereocenters. The predicted octanol–water partition coefficient (Wildman–Crippen LogP) is 4.63. The van der Waals surface area contributed by atoms with Gasteiger partial charge < -0.3 is 5.32 Å². The van der Waals surface area contributed by atoms with E-state index in [2.05, 4.69) is 45.2 Å². The smallest absolute Gasteiger partial charge is 0.0464 e. The Morgan fingerprint density at radius 2 is 2.19 bits per heavy atom. The summed E-state index contributed by atoms with van der Waals surface area (Å²) >= 11 is 9.93. The van der Waals surface area contributed by atoms with Gasteiger partial charge in [0.2, 0.25) is 0 Å². The van der Waals surface area contributed by atoms with Gasteiger partial charge >= 0.3 is 0 Å². The number of likely N-dealkylation sites (tertiary alicyclic amines) is 1. The standard InChI is InChI=1S/C17H24BrClN2/c1-12(15-7-6-14(18)10-16(15)19)21-9-3-4-13(11-21)17-5-2-8-20-17/h6-7,10,12-13,17,20H,2-5,8-9,11H2,1H3. The van der Waals surface area contributed by atoms with E-state index < -0.39 is 0 Å². The van der Waals surface area contributed by atoms with Crippen molar-refractivity contribution in [3.63, 3.8) is 0 Å². The summed E-state index contributed by atoms with van der Waals surface area (Å²) in [4.78, 5) is 2.61. The van der Waals surface area contributed by atoms with Crippen molar-refractivity contribution in [3.05, 3.63) is 33.3 Å². The Morgan fingerprint density at radius 1 is 1.33 bits per heavy atom. The fourth-order valence-electron chi connectivity index (χ4n) is 3.87. The van der Waals surface area contributed by atoms with Gasteiger partial charge in [-0.15, -0.1) is 0 Å². The van der Waals surface area contributed by atoms with E-state index in [1.807, 2.05) is 6.07 Å². The van der Waals surface area contributed by atoms with Gasteiger partial charge in [-0.3, -0.25) is 4.90 Å². The number of halogens is 2. The highest BCUT2D eigenvalue weighted by atomic mass is 79.9. The molecule has 0 radical (unpaired) electrons. The van der Waals surface area contributed by atoms with Crippen LogP contribution >= 0.6 is 27.5 Å². The minimum atomic E-state index is 0.398. The van der Waals surface area contributed by atoms with Crippen molar-refractivity contribution >= 4 is 27.5 Å². The van der Waals surface area contributed by atoms with Crippen LogP contribution in [0.2, 0.25) is 5.02 Å². The lowest BCUT2D eigenvalue weighted by atomic mass is 9.88. The molecule has 2 aliphatic heterocycles. The zero-order chi connectivity index (χ0) is 14.8. The largest absolute Gasteiger partial charge is 0.314 e. The summed E-state index contributed by atoms with van der Waals surface area (Å²) in [5.74, 6) is 0.804. The molecule has 2 heterocycles. The van der Waals surface area contributed by atoms with Crippen molar-refractivity contribution < 1.29 is 0 Å². The summed E-state index contributed by atoms with van der Waals surface area (Å²) < 4.78 is 1.05. The lowest BCUT2D eigenvalue weighted by Gasteiger charge is -2.39. The van der Waals surface area contributed by atoms with E-state index in [9.17, 15) is 0 Å². The zero-order valence-electron chi connectivity index (χ0n) is 12.6. The van der Waals surface area contributed by atoms with E-state index in [0.717, 1.165) is 21.5 Å². The molecule has 1 aromatic rings. The van der Waals surface area contributed by atoms with Gasteiger partial charge in [0.1, 0.15) is 0 Å². The summed E-state index contributed by atoms with van der Waals surface area (Å²) in [6, 6.07) is 7.40. The SMILES string of the molecule is CC(c1ccc(Br)cc1Cl)N1CCCC(C2CCCN2)C1. The molecule has 21 heavy (non-hydrogen) atoms. The van der Waals surface area contributed by atoms with Gasteiger partial charge in [0.25, 0.3) is 0 Å². The Balaban J connectivity index is 1.70. The van der Waals surface area contributed by atoms with Crippen LogP contribution < -0.4 is 5.32 Å². The van der Waals surface area contributed by atoms with Gasteiger partial charge in [0.05, 0.1) is 0 Å². The molecule has 116 valence electrons. The number of rotatable bonds is 3. The third-order valence-corrected chi connectivity index (χ3v) is 5.94. The van der Waals surface area contributed by atoms with Gasteiger partial charge in [-0.2, -0.15) is 0 Å². The lowest BCUT2D eigenvalue weighted by molar-refractivity contribution is 0.115. The number of nitrogens with zero attached hydrogens (tertiary/aromatic N) is 1. The van der Waals surface area contributed by atoms with Crippen LogP contribution in [-0.2, 0) is 0 Å². The fraction of sp³-hybridized carbons (Fsp3) is 0.647. The summed E-state index contributed by atoms with van der Waals surface area (Å²) in [5.41, 5.74) is 1.25. The van der Waals surface area contributed by atoms with Crippen molar-refractivity contribution in [2.45, 2.75) is 44.7 Å². The summed E-state index contributed by atoms with van der Waals surface area (Å²) in [5, 5.41) is 4.56. The molecule has 0 aliphatic carbocycles. The Morgan fingerprint density at radius 3 is 2.90 bits per heavy atom. The molecule has 0 aromatic heterocycles. The number of hydrogen-bond acceptors (Lipinski definition) is 2. The van der Waals surface area contributed by atoms with E-state index in [4.69, 9.17) is 11.6 Å². The third-order valence-electron chi connectivity index (χ3n) is 5.12. The van der Waals surface area contributed by atoms with Gasteiger partial charge in [0.15, 0.2) is 0 Å². The Bertz CT molecular complexity index is 488. The predicted molar refractivity (Wildman–Crippen MR) is 92.9 cm³/mol. The van der Waals surface area contributed by atoms with Gasteiger partial charge in [-0.1, -0.05) is 33.6 Å². The van der Waals surface area contributed by atoms with Gasteiger partial charge in [0, 0.05) is 28.1 Å². The van der Waals surface area contributed by atoms with E-state index in [-0.39, 0.29) is 0 Å². The lowest BCUT2D eigenvalue weighted by Crippen LogP contribution is -2.44. The van der Waals surface area contributed by atoms with Crippen LogP contribution in [0, 0.1) is 5.92 Å². The first kappa shape index (κ1) is 15.8. The van der Waals surface area contributed by atoms with Crippen molar-refractivity contribution in [1.29, 1.82) is 0 Å². The van der Waals surface area contributed by atoms with Crippen LogP contribution in [0.5, 0.6) is 0 Å². The maximum Gasteiger partial charge on any atom is 0.0464 e. The van der Waals surface area contributed by atoms with Crippen LogP contribution in [0.4, 0.5) is 0 Å². The Kier molecular flexibility index (Phi) is 5.26. The second-order valence-corrected chi connectivity index (χ2v) is 7.76. The summed E-state index contributed by atoms with van der Waals surface area (Å²) in [6.45, 7) is 5.89. The van der Waals surface area contributed by atoms with Gasteiger partial charge in [-0.25, -0.2) is 0 Å². The average molecular weight is 372 g/mol. The topological polar surface area (TPSA) is 15.3 Å². The van der Waals surface area contributed by atoms with Crippen LogP contribution in [0.1, 0.15) is 44.2 Å². The summed E-state index contributed by atoms with van der Waals surface area (Å²) in [6.07, 6.45) is 5.37. The number of piperidine rings is 1. The first-order chi connectivity index (χ1) is 10.1. The maximum atomic E-state index is 6.44. The van der Waals surface area contributed by atoms with Gasteiger partial charge in [-0.05, 0) is 69.3 Å². The maximum absolute atomic E-state index is 6.44. The van der Waals surface area contributed by atoms with Crippen molar-refractivity contribution in [1.82, 2.24) is 10.2 Å². The molecule has 0 spiro atoms. The Labute approximate surface area is 141 Å². The van der Waals surface area contributed by atoms with Crippen molar-refractivity contribution in [3.8, 4) is 0 Å². The fourth-order valence-corrected chi connectivity index (χ4v) is 4.70. The molecule has 0 amide bonds. The van der Waals surface area contributed by atoms with Crippen molar-refractivity contribution in [2.75, 3.05) is 19.6 Å². The molecular formula is C17H24BrClN2. The molecule has 2 aliphatic rings. The average Bonchev–Trinajstić information content (AvgIpc) is 3.01. The summed E-state index contributed by atoms with van der Waals surface area (Å²) in [7, 11) is 0. The van der Waals surface area contributed by atoms with Crippen LogP contribution in [0.25, 0.3) is 0 Å². The molecule has 0 saturated carbocycles. The molecule has 2 saturated heterocycles. The molecule has 4 heteroatoms. The van der Waals surface area contributed by atoms with E-state index in [1.54, 1.807) is 0 Å². The monoisotopic (exact) mass is 370 g/mol. The molecular weight excluding hydrogens is 348 g/mol. The van der Waals surface area contributed by atoms with Crippen molar-refractivity contribution in [2.24, 2.45) is 5.92 Å². The number of nitrogens with one attached hydrogen (secondary N) is 1. The van der Waals surface area contributed by atoms with Crippen LogP contribution in [-0.4, -0.2) is 30.6 Å². The highest BCUT2D eigenvalue weighted by Gasteiger charge is 2.31. The molecule has 1 aromatic carbocycles. The van der Waals surface area contributed by atoms with E-state index >= 15 is 0 Å². The minimum absolute atomic E-state index is 0.398. The first-order valence-electron chi connectivity index (χ1n) is 8.07. The highest BCUT2D eigenvalue weighted by Crippen LogP contribution is 2.34. The first-order valence-corrected chi connectivity index (χ1v) is 9.24. The molecule has 3 rings (SSSR count). The highest BCUT2D eigenvalue weighted by molar-refractivity contribution is 9.10. The minimum Gasteiger partial charge on any atom is -0.314 e. The molecule has 2 fully saturated rings. The molecule has 2 nitrogen and oxygen atoms in total. The number of benzene rings is 1. The molecule has 1 N–H and O–H groups in total. The second-order valence-electron chi connectivity index (χ2n) is 6.44. The number of hydrogen-bond donors (Lipinski definition) is 1. The second kappa shape index (κ2) is 6.99. The Hall–Kier alpha value is -0.0900. The molecule has 3 atom stereocenters. The quantitative estimate of drug-likeness (QED) is 0.833. The zero-order valence-corrected chi connectivity index (χ0v) is 15.0. The van der Waals surface area contributed by atoms with E-state index in [1.165, 1.54) is 50.9 Å². The van der Waals surface area contributed by atoms with E-state index in [0.29, 0.717) is 6.04 Å². The van der Waals surface area contributed by atoms with Crippen LogP contribution in [0.3, 0.4) is 0 Å². The normalized spacial score (nSPS) is 28.7.